The van der Waals surface area contributed by atoms with E-state index in [0.717, 1.165) is 34.8 Å². The number of carbonyl (C=O) groups excluding carboxylic acids is 4. The lowest BCUT2D eigenvalue weighted by atomic mass is 10.1. The topological polar surface area (TPSA) is 315 Å². The van der Waals surface area contributed by atoms with E-state index in [1.807, 2.05) is 0 Å². The Morgan fingerprint density at radius 2 is 0.643 bits per heavy atom. The van der Waals surface area contributed by atoms with Crippen LogP contribution in [0.2, 0.25) is 40.7 Å². The number of hydrogen-bond donors (Lipinski definition) is 2. The smallest absolute Gasteiger partial charge is 0.358 e. The predicted molar refractivity (Wildman–Crippen MR) is 459 cm³/mol. The average molecular weight is 1940 g/mol. The van der Waals surface area contributed by atoms with E-state index in [9.17, 15) is 73.0 Å². The summed E-state index contributed by atoms with van der Waals surface area (Å²) in [5.74, 6) is -14.1. The Labute approximate surface area is 759 Å². The fourth-order valence-electron chi connectivity index (χ4n) is 12.0. The van der Waals surface area contributed by atoms with E-state index in [1.165, 1.54) is 162 Å². The summed E-state index contributed by atoms with van der Waals surface area (Å²) in [7, 11) is 4.54. The van der Waals surface area contributed by atoms with Crippen molar-refractivity contribution in [3.63, 3.8) is 0 Å². The molecule has 0 saturated carbocycles. The third-order valence-corrected chi connectivity index (χ3v) is 19.8. The maximum absolute atomic E-state index is 14.6. The molecule has 2 N–H and O–H groups in total. The molecular formula is C82H57Cl8F10N19O10. The van der Waals surface area contributed by atoms with Crippen LogP contribution in [-0.4, -0.2) is 156 Å². The standard InChI is InChI=1S/C22H15ClF4N4O2.C20H11ClF4N4O2.C16H13Cl2FN4O2.C15H11Cl2FN4O2.C9H7Cl2N3O2/c1-3-33-22(32)17-9-18-28-16(11-7-14(25)20(27)15(26)8-11)10-19(31(18)29-17)30(2)21-12(23)5-4-6-13(21)24;1-28(19-10(21)3-2-4-11(19)22)17-8-14(9-5-12(23)18(25)13(24)6-9)26-16-7-15(20(30)31)27-29(16)17;1-3-25-16(24)11-7-13-20-12(18)8-14(23(13)21-11)22(2)15-9(17)5-4-6-10(15)19;1-2-24-15(23)10-6-12-19-11(17)7-13(22(12)21-10)20-14-8(16)4-3-5-9(14)18;1-2-16-9(15)5-3-8-12-6(10)4-7(11)14(8)13-5/h4-10H,3H2,1-2H3;2-8H,1H3,(H,30,31);4-8H,3H2,1-2H3;3-7,20H,2H2,1H3;3-4H,2H2,1H3. The van der Waals surface area contributed by atoms with Gasteiger partial charge in [0.2, 0.25) is 0 Å². The van der Waals surface area contributed by atoms with Crippen molar-refractivity contribution in [2.24, 2.45) is 0 Å². The van der Waals surface area contributed by atoms with Crippen LogP contribution in [0.15, 0.2) is 158 Å². The van der Waals surface area contributed by atoms with E-state index < -0.39 is 88.0 Å². The van der Waals surface area contributed by atoms with Crippen LogP contribution in [0.4, 0.5) is 89.9 Å². The lowest BCUT2D eigenvalue weighted by Gasteiger charge is -2.22. The highest BCUT2D eigenvalue weighted by atomic mass is 35.5. The van der Waals surface area contributed by atoms with Crippen LogP contribution in [0.3, 0.4) is 0 Å². The summed E-state index contributed by atoms with van der Waals surface area (Å²) in [5.41, 5.74) is 0.900. The maximum atomic E-state index is 14.6. The molecule has 0 atom stereocenters. The van der Waals surface area contributed by atoms with Crippen LogP contribution in [0.25, 0.3) is 50.8 Å². The number of benzene rings is 6. The van der Waals surface area contributed by atoms with Crippen molar-refractivity contribution in [3.8, 4) is 22.5 Å². The zero-order valence-electron chi connectivity index (χ0n) is 66.8. The van der Waals surface area contributed by atoms with E-state index in [-0.39, 0.29) is 164 Å². The molecule has 129 heavy (non-hydrogen) atoms. The zero-order chi connectivity index (χ0) is 93.4. The molecule has 0 saturated heterocycles. The van der Waals surface area contributed by atoms with Crippen LogP contribution in [0, 0.1) is 58.2 Å². The van der Waals surface area contributed by atoms with Gasteiger partial charge in [-0.05, 0) is 100 Å². The molecule has 29 nitrogen and oxygen atoms in total. The molecule has 0 unspecified atom stereocenters. The number of rotatable bonds is 19. The average Bonchev–Trinajstić information content (AvgIpc) is 1.67. The Morgan fingerprint density at radius 3 is 1.00 bits per heavy atom. The molecule has 0 aliphatic carbocycles. The van der Waals surface area contributed by atoms with Crippen molar-refractivity contribution in [3.05, 3.63) is 285 Å². The molecular weight excluding hydrogens is 1880 g/mol. The molecule has 0 bridgehead atoms. The van der Waals surface area contributed by atoms with Gasteiger partial charge in [0.25, 0.3) is 0 Å². The highest BCUT2D eigenvalue weighted by Gasteiger charge is 2.28. The lowest BCUT2D eigenvalue weighted by Crippen LogP contribution is -2.17. The Bertz CT molecular complexity index is 6950. The first-order chi connectivity index (χ1) is 61.4. The Balaban J connectivity index is 0.000000149. The molecule has 0 spiro atoms. The van der Waals surface area contributed by atoms with Crippen molar-refractivity contribution in [1.29, 1.82) is 0 Å². The summed E-state index contributed by atoms with van der Waals surface area (Å²) in [6.45, 7) is 7.57. The van der Waals surface area contributed by atoms with E-state index >= 15 is 0 Å². The van der Waals surface area contributed by atoms with Crippen molar-refractivity contribution in [2.75, 3.05) is 67.6 Å². The van der Waals surface area contributed by atoms with Gasteiger partial charge in [0.1, 0.15) is 67.2 Å². The monoisotopic (exact) mass is 1940 g/mol. The number of aromatic nitrogens is 15. The second kappa shape index (κ2) is 40.7. The number of nitrogens with one attached hydrogen (secondary N) is 1. The van der Waals surface area contributed by atoms with E-state index in [4.69, 9.17) is 112 Å². The van der Waals surface area contributed by atoms with Crippen LogP contribution < -0.4 is 20.0 Å². The molecule has 6 aromatic carbocycles. The minimum atomic E-state index is -1.64. The summed E-state index contributed by atoms with van der Waals surface area (Å²) in [6.07, 6.45) is 0. The van der Waals surface area contributed by atoms with Gasteiger partial charge < -0.3 is 44.1 Å². The highest BCUT2D eigenvalue weighted by molar-refractivity contribution is 6.35. The zero-order valence-corrected chi connectivity index (χ0v) is 72.9. The lowest BCUT2D eigenvalue weighted by molar-refractivity contribution is 0.0509. The molecule has 47 heteroatoms. The summed E-state index contributed by atoms with van der Waals surface area (Å²) in [5, 5.41) is 33.9. The number of hydrogen-bond acceptors (Lipinski definition) is 23. The number of carboxylic acid groups (broad SMARTS) is 1. The van der Waals surface area contributed by atoms with E-state index in [0.29, 0.717) is 28.6 Å². The van der Waals surface area contributed by atoms with Crippen LogP contribution >= 0.6 is 92.8 Å². The minimum Gasteiger partial charge on any atom is -0.476 e. The summed E-state index contributed by atoms with van der Waals surface area (Å²) >= 11 is 48.1. The van der Waals surface area contributed by atoms with Crippen molar-refractivity contribution >= 4 is 197 Å². The number of ether oxygens (including phenoxy) is 4. The van der Waals surface area contributed by atoms with Gasteiger partial charge in [0.05, 0.1) is 80.7 Å². The SMILES string of the molecule is CCOC(=O)c1cc2nc(-c3cc(F)c(F)c(F)c3)cc(N(C)c3c(F)cccc3Cl)n2n1.CCOC(=O)c1cc2nc(Cl)cc(Cl)n2n1.CCOC(=O)c1cc2nc(Cl)cc(N(C)c3c(F)cccc3Cl)n2n1.CCOC(=O)c1cc2nc(Cl)cc(Nc3c(F)cccc3Cl)n2n1.CN(c1c(F)cccc1Cl)c1cc(-c2cc(F)c(F)c(F)c2)nc2cc(C(=O)O)nn12. The second-order valence-corrected chi connectivity index (χ2v) is 29.3. The molecule has 16 rings (SSSR count). The Hall–Kier alpha value is -13.4. The number of carboxylic acids is 1. The van der Waals surface area contributed by atoms with Gasteiger partial charge in [0, 0.05) is 92.9 Å². The summed E-state index contributed by atoms with van der Waals surface area (Å²) in [6, 6.07) is 33.7. The van der Waals surface area contributed by atoms with Crippen LogP contribution in [0.5, 0.6) is 0 Å². The quantitative estimate of drug-likeness (QED) is 0.0250. The molecule has 0 radical (unpaired) electrons. The normalized spacial score (nSPS) is 11.0. The molecule has 0 fully saturated rings. The number of para-hydroxylation sites is 4. The van der Waals surface area contributed by atoms with Crippen LogP contribution in [-0.2, 0) is 18.9 Å². The molecule has 10 aromatic heterocycles. The number of anilines is 8. The number of aromatic carboxylic acids is 1. The minimum absolute atomic E-state index is 0.00523. The van der Waals surface area contributed by atoms with Crippen molar-refractivity contribution in [1.82, 2.24) is 73.0 Å². The predicted octanol–water partition coefficient (Wildman–Crippen LogP) is 21.1. The van der Waals surface area contributed by atoms with Crippen LogP contribution in [0.1, 0.15) is 80.1 Å². The van der Waals surface area contributed by atoms with Gasteiger partial charge >= 0.3 is 29.8 Å². The van der Waals surface area contributed by atoms with Gasteiger partial charge in [-0.15, -0.1) is 0 Å². The maximum Gasteiger partial charge on any atom is 0.358 e. The first-order valence-electron chi connectivity index (χ1n) is 37.0. The fraction of sp³-hybridized carbons (Fsp3) is 0.134. The number of esters is 4. The van der Waals surface area contributed by atoms with Gasteiger partial charge in [-0.2, -0.15) is 43.6 Å². The summed E-state index contributed by atoms with van der Waals surface area (Å²) in [4.78, 5) is 83.4. The summed E-state index contributed by atoms with van der Waals surface area (Å²) < 4.78 is 165. The first-order valence-corrected chi connectivity index (χ1v) is 40.1. The number of halogens is 18. The van der Waals surface area contributed by atoms with E-state index in [1.54, 1.807) is 46.9 Å². The van der Waals surface area contributed by atoms with Gasteiger partial charge in [-0.25, -0.2) is 97.3 Å². The van der Waals surface area contributed by atoms with Crippen molar-refractivity contribution < 1.29 is 91.9 Å². The Kier molecular flexibility index (Phi) is 29.9. The second-order valence-electron chi connectivity index (χ2n) is 26.1. The first kappa shape index (κ1) is 94.7. The molecule has 0 aliphatic heterocycles. The molecule has 10 heterocycles. The number of carbonyl (C=O) groups is 5. The molecule has 16 aromatic rings. The fourth-order valence-corrected chi connectivity index (χ4v) is 14.0. The largest absolute Gasteiger partial charge is 0.476 e. The Morgan fingerprint density at radius 1 is 0.349 bits per heavy atom. The molecule has 0 aliphatic rings. The molecule has 0 amide bonds. The third kappa shape index (κ3) is 21.1. The van der Waals surface area contributed by atoms with E-state index in [2.05, 4.69) is 55.7 Å². The number of nitrogens with zero attached hydrogens (tertiary/aromatic N) is 18. The molecule has 666 valence electrons. The van der Waals surface area contributed by atoms with Gasteiger partial charge in [-0.1, -0.05) is 117 Å². The number of fused-ring (bicyclic) bond motifs is 5. The van der Waals surface area contributed by atoms with Gasteiger partial charge in [-0.3, -0.25) is 0 Å². The third-order valence-electron chi connectivity index (χ3n) is 17.7. The highest BCUT2D eigenvalue weighted by Crippen LogP contribution is 2.40. The van der Waals surface area contributed by atoms with Crippen molar-refractivity contribution in [2.45, 2.75) is 27.7 Å². The van der Waals surface area contributed by atoms with Gasteiger partial charge in [0.15, 0.2) is 91.6 Å².